The highest BCUT2D eigenvalue weighted by Crippen LogP contribution is 2.32. The first-order chi connectivity index (χ1) is 9.08. The zero-order chi connectivity index (χ0) is 13.5. The van der Waals surface area contributed by atoms with Crippen molar-refractivity contribution < 1.29 is 4.79 Å². The molecule has 19 heavy (non-hydrogen) atoms. The molecule has 0 saturated carbocycles. The van der Waals surface area contributed by atoms with Gasteiger partial charge in [-0.15, -0.1) is 0 Å². The lowest BCUT2D eigenvalue weighted by molar-refractivity contribution is -0.127. The molecule has 3 heterocycles. The molecular weight excluding hydrogens is 238 g/mol. The predicted molar refractivity (Wildman–Crippen MR) is 75.9 cm³/mol. The predicted octanol–water partition coefficient (Wildman–Crippen LogP) is 1.12. The number of carbonyl (C=O) groups is 1. The van der Waals surface area contributed by atoms with Gasteiger partial charge in [-0.25, -0.2) is 0 Å². The number of hydrogen-bond donors (Lipinski definition) is 2. The molecule has 0 radical (unpaired) electrons. The molecule has 3 unspecified atom stereocenters. The van der Waals surface area contributed by atoms with Crippen LogP contribution in [0.15, 0.2) is 0 Å². The van der Waals surface area contributed by atoms with Crippen molar-refractivity contribution in [2.75, 3.05) is 19.6 Å². The molecule has 0 aromatic heterocycles. The van der Waals surface area contributed by atoms with Crippen LogP contribution in [-0.2, 0) is 4.79 Å². The number of hydrogen-bond acceptors (Lipinski definition) is 3. The molecule has 3 aliphatic rings. The van der Waals surface area contributed by atoms with Crippen molar-refractivity contribution in [2.24, 2.45) is 5.41 Å². The summed E-state index contributed by atoms with van der Waals surface area (Å²) in [6, 6.07) is 0.974. The van der Waals surface area contributed by atoms with Crippen LogP contribution in [0.5, 0.6) is 0 Å². The van der Waals surface area contributed by atoms with E-state index < -0.39 is 0 Å². The average molecular weight is 265 g/mol. The Kier molecular flexibility index (Phi) is 3.56. The maximum absolute atomic E-state index is 12.6. The molecule has 108 valence electrons. The van der Waals surface area contributed by atoms with Gasteiger partial charge >= 0.3 is 0 Å². The minimum Gasteiger partial charge on any atom is -0.350 e. The number of amides is 1. The Morgan fingerprint density at radius 1 is 1.26 bits per heavy atom. The molecule has 0 aliphatic carbocycles. The van der Waals surface area contributed by atoms with E-state index in [4.69, 9.17) is 0 Å². The fourth-order valence-corrected chi connectivity index (χ4v) is 4.18. The van der Waals surface area contributed by atoms with Crippen LogP contribution in [0.4, 0.5) is 0 Å². The highest BCUT2D eigenvalue weighted by atomic mass is 16.2. The lowest BCUT2D eigenvalue weighted by Gasteiger charge is -2.39. The molecule has 3 aliphatic heterocycles. The van der Waals surface area contributed by atoms with Gasteiger partial charge in [-0.2, -0.15) is 0 Å². The molecule has 4 nitrogen and oxygen atoms in total. The minimum absolute atomic E-state index is 0.0169. The van der Waals surface area contributed by atoms with Crippen molar-refractivity contribution >= 4 is 5.91 Å². The number of fused-ring (bicyclic) bond motifs is 1. The molecule has 4 heteroatoms. The van der Waals surface area contributed by atoms with E-state index in [1.807, 2.05) is 0 Å². The minimum atomic E-state index is -0.0169. The summed E-state index contributed by atoms with van der Waals surface area (Å²) in [5.41, 5.74) is 0.0797. The van der Waals surface area contributed by atoms with E-state index in [1.54, 1.807) is 0 Å². The molecule has 1 amide bonds. The number of piperidine rings is 1. The first-order valence-electron chi connectivity index (χ1n) is 7.86. The van der Waals surface area contributed by atoms with Gasteiger partial charge in [0.15, 0.2) is 0 Å². The van der Waals surface area contributed by atoms with Crippen LogP contribution >= 0.6 is 0 Å². The summed E-state index contributed by atoms with van der Waals surface area (Å²) >= 11 is 0. The molecule has 2 N–H and O–H groups in total. The highest BCUT2D eigenvalue weighted by molar-refractivity contribution is 5.83. The zero-order valence-electron chi connectivity index (χ0n) is 12.2. The molecule has 0 spiro atoms. The molecule has 3 saturated heterocycles. The van der Waals surface area contributed by atoms with Crippen LogP contribution < -0.4 is 10.6 Å². The quantitative estimate of drug-likeness (QED) is 0.786. The van der Waals surface area contributed by atoms with Crippen molar-refractivity contribution in [3.8, 4) is 0 Å². The van der Waals surface area contributed by atoms with Gasteiger partial charge in [0, 0.05) is 18.6 Å². The largest absolute Gasteiger partial charge is 0.350 e. The van der Waals surface area contributed by atoms with Gasteiger partial charge in [0.2, 0.25) is 5.91 Å². The van der Waals surface area contributed by atoms with Crippen LogP contribution in [0.25, 0.3) is 0 Å². The Morgan fingerprint density at radius 2 is 2.11 bits per heavy atom. The second kappa shape index (κ2) is 5.06. The van der Waals surface area contributed by atoms with Gasteiger partial charge in [-0.1, -0.05) is 13.8 Å². The number of rotatable bonds is 2. The van der Waals surface area contributed by atoms with Crippen LogP contribution in [0.3, 0.4) is 0 Å². The fraction of sp³-hybridized carbons (Fsp3) is 0.933. The molecule has 0 bridgehead atoms. The fourth-order valence-electron chi connectivity index (χ4n) is 4.18. The third-order valence-electron chi connectivity index (χ3n) is 5.32. The van der Waals surface area contributed by atoms with Crippen molar-refractivity contribution in [3.05, 3.63) is 0 Å². The zero-order valence-corrected chi connectivity index (χ0v) is 12.2. The van der Waals surface area contributed by atoms with E-state index in [9.17, 15) is 4.79 Å². The smallest absolute Gasteiger partial charge is 0.237 e. The van der Waals surface area contributed by atoms with Gasteiger partial charge in [0.1, 0.15) is 0 Å². The van der Waals surface area contributed by atoms with Gasteiger partial charge < -0.3 is 10.6 Å². The van der Waals surface area contributed by atoms with E-state index in [0.29, 0.717) is 12.1 Å². The Hall–Kier alpha value is -0.610. The molecule has 3 fully saturated rings. The van der Waals surface area contributed by atoms with Gasteiger partial charge in [0.05, 0.1) is 6.04 Å². The summed E-state index contributed by atoms with van der Waals surface area (Å²) in [5.74, 6) is 0.225. The van der Waals surface area contributed by atoms with Gasteiger partial charge in [-0.05, 0) is 50.6 Å². The molecule has 3 rings (SSSR count). The second-order valence-electron chi connectivity index (χ2n) is 7.13. The highest BCUT2D eigenvalue weighted by Gasteiger charge is 2.41. The SMILES string of the molecule is CC1(C)CCCNC1C(=O)NC1CCN2CCCC12. The summed E-state index contributed by atoms with van der Waals surface area (Å²) in [4.78, 5) is 15.1. The Labute approximate surface area is 116 Å². The van der Waals surface area contributed by atoms with E-state index >= 15 is 0 Å². The van der Waals surface area contributed by atoms with Crippen LogP contribution in [-0.4, -0.2) is 48.6 Å². The van der Waals surface area contributed by atoms with Crippen molar-refractivity contribution in [1.82, 2.24) is 15.5 Å². The number of carbonyl (C=O) groups excluding carboxylic acids is 1. The van der Waals surface area contributed by atoms with E-state index in [2.05, 4.69) is 29.4 Å². The van der Waals surface area contributed by atoms with Crippen LogP contribution in [0.1, 0.15) is 46.0 Å². The Morgan fingerprint density at radius 3 is 2.89 bits per heavy atom. The van der Waals surface area contributed by atoms with Gasteiger partial charge in [0.25, 0.3) is 0 Å². The first-order valence-corrected chi connectivity index (χ1v) is 7.86. The second-order valence-corrected chi connectivity index (χ2v) is 7.13. The molecule has 3 atom stereocenters. The topological polar surface area (TPSA) is 44.4 Å². The van der Waals surface area contributed by atoms with Gasteiger partial charge in [-0.3, -0.25) is 9.69 Å². The van der Waals surface area contributed by atoms with E-state index in [-0.39, 0.29) is 17.4 Å². The normalized spacial score (nSPS) is 38.1. The summed E-state index contributed by atoms with van der Waals surface area (Å²) in [7, 11) is 0. The molecule has 0 aromatic rings. The molecule has 0 aromatic carbocycles. The maximum Gasteiger partial charge on any atom is 0.237 e. The summed E-state index contributed by atoms with van der Waals surface area (Å²) in [5, 5.41) is 6.75. The van der Waals surface area contributed by atoms with Crippen molar-refractivity contribution in [1.29, 1.82) is 0 Å². The van der Waals surface area contributed by atoms with Crippen molar-refractivity contribution in [2.45, 2.75) is 64.1 Å². The first kappa shape index (κ1) is 13.4. The standard InChI is InChI=1S/C15H27N3O/c1-15(2)7-4-8-16-13(15)14(19)17-11-6-10-18-9-3-5-12(11)18/h11-13,16H,3-10H2,1-2H3,(H,17,19). The van der Waals surface area contributed by atoms with Crippen molar-refractivity contribution in [3.63, 3.8) is 0 Å². The summed E-state index contributed by atoms with van der Waals surface area (Å²) < 4.78 is 0. The summed E-state index contributed by atoms with van der Waals surface area (Å²) in [6.07, 6.45) is 6.00. The lowest BCUT2D eigenvalue weighted by atomic mass is 9.77. The van der Waals surface area contributed by atoms with Crippen LogP contribution in [0, 0.1) is 5.41 Å². The molecular formula is C15H27N3O. The Bertz CT molecular complexity index is 355. The monoisotopic (exact) mass is 265 g/mol. The van der Waals surface area contributed by atoms with Crippen LogP contribution in [0.2, 0.25) is 0 Å². The summed E-state index contributed by atoms with van der Waals surface area (Å²) in [6.45, 7) is 7.78. The number of nitrogens with one attached hydrogen (secondary N) is 2. The maximum atomic E-state index is 12.6. The van der Waals surface area contributed by atoms with E-state index in [0.717, 1.165) is 25.9 Å². The van der Waals surface area contributed by atoms with E-state index in [1.165, 1.54) is 25.8 Å². The Balaban J connectivity index is 1.61. The average Bonchev–Trinajstić information content (AvgIpc) is 2.93. The number of nitrogens with zero attached hydrogens (tertiary/aromatic N) is 1. The third kappa shape index (κ3) is 2.52. The third-order valence-corrected chi connectivity index (χ3v) is 5.32. The lowest BCUT2D eigenvalue weighted by Crippen LogP contribution is -2.58.